The molecule has 0 radical (unpaired) electrons. The van der Waals surface area contributed by atoms with E-state index in [9.17, 15) is 0 Å². The van der Waals surface area contributed by atoms with Crippen molar-refractivity contribution in [1.82, 2.24) is 29.1 Å². The first-order chi connectivity index (χ1) is 19.9. The summed E-state index contributed by atoms with van der Waals surface area (Å²) in [5.41, 5.74) is 7.17. The molecule has 5 aromatic carbocycles. The van der Waals surface area contributed by atoms with Crippen molar-refractivity contribution >= 4 is 65.4 Å². The quantitative estimate of drug-likeness (QED) is 0.237. The number of nitrogens with zero attached hydrogens (tertiary/aromatic N) is 6. The van der Waals surface area contributed by atoms with Crippen molar-refractivity contribution in [2.45, 2.75) is 0 Å². The fourth-order valence-electron chi connectivity index (χ4n) is 6.28. The Morgan fingerprint density at radius 2 is 1.20 bits per heavy atom. The van der Waals surface area contributed by atoms with Gasteiger partial charge in [0.05, 0.1) is 33.1 Å². The standard InChI is InChI=1S/C34H20N6/c1-2-11-22(12-3-1)39-27-16-8-5-13-23(27)29-25-19-35-20-37-31(25)30-24-14-6-9-17-28(24)40(33(30)32(29)39)34-36-18-21-10-4-7-15-26(21)38-34/h1-20H. The molecule has 0 aliphatic rings. The lowest BCUT2D eigenvalue weighted by atomic mass is 10.0. The number of fused-ring (bicyclic) bond motifs is 11. The maximum atomic E-state index is 5.07. The monoisotopic (exact) mass is 512 g/mol. The lowest BCUT2D eigenvalue weighted by Crippen LogP contribution is -2.03. The topological polar surface area (TPSA) is 61.4 Å². The summed E-state index contributed by atoms with van der Waals surface area (Å²) in [6.45, 7) is 0. The SMILES string of the molecule is c1ccc(-n2c3ccccc3c3c4cncnc4c4c5ccccc5n(-c5ncc6ccccc6n5)c4c32)cc1. The maximum absolute atomic E-state index is 5.07. The van der Waals surface area contributed by atoms with Crippen LogP contribution in [0.5, 0.6) is 0 Å². The van der Waals surface area contributed by atoms with Crippen molar-refractivity contribution in [3.63, 3.8) is 0 Å². The minimum Gasteiger partial charge on any atom is -0.307 e. The third-order valence-electron chi connectivity index (χ3n) is 7.88. The average molecular weight is 513 g/mol. The third-order valence-corrected chi connectivity index (χ3v) is 7.88. The van der Waals surface area contributed by atoms with Gasteiger partial charge in [-0.1, -0.05) is 72.8 Å². The van der Waals surface area contributed by atoms with Gasteiger partial charge in [-0.25, -0.2) is 19.9 Å². The Morgan fingerprint density at radius 1 is 0.525 bits per heavy atom. The van der Waals surface area contributed by atoms with Crippen molar-refractivity contribution in [2.24, 2.45) is 0 Å². The van der Waals surface area contributed by atoms with Crippen LogP contribution in [0.25, 0.3) is 77.1 Å². The van der Waals surface area contributed by atoms with E-state index in [1.54, 1.807) is 6.33 Å². The number of rotatable bonds is 2. The molecule has 0 unspecified atom stereocenters. The number of hydrogen-bond acceptors (Lipinski definition) is 4. The third kappa shape index (κ3) is 2.77. The average Bonchev–Trinajstić information content (AvgIpc) is 3.55. The lowest BCUT2D eigenvalue weighted by molar-refractivity contribution is 1.01. The van der Waals surface area contributed by atoms with Crippen LogP contribution in [0.4, 0.5) is 0 Å². The first kappa shape index (κ1) is 21.3. The summed E-state index contributed by atoms with van der Waals surface area (Å²) in [5, 5.41) is 6.47. The van der Waals surface area contributed by atoms with Gasteiger partial charge in [-0.3, -0.25) is 4.57 Å². The van der Waals surface area contributed by atoms with Crippen LogP contribution in [0, 0.1) is 0 Å². The molecule has 9 aromatic rings. The van der Waals surface area contributed by atoms with Gasteiger partial charge in [0.15, 0.2) is 0 Å². The molecule has 0 N–H and O–H groups in total. The number of benzene rings is 5. The Balaban J connectivity index is 1.63. The van der Waals surface area contributed by atoms with Crippen LogP contribution in [0.15, 0.2) is 122 Å². The summed E-state index contributed by atoms with van der Waals surface area (Å²) in [6.07, 6.45) is 5.50. The Hall–Kier alpha value is -5.62. The zero-order valence-electron chi connectivity index (χ0n) is 21.2. The van der Waals surface area contributed by atoms with E-state index in [1.807, 2.05) is 36.7 Å². The highest BCUT2D eigenvalue weighted by Gasteiger charge is 2.25. The lowest BCUT2D eigenvalue weighted by Gasteiger charge is -2.12. The molecule has 0 saturated heterocycles. The summed E-state index contributed by atoms with van der Waals surface area (Å²) in [7, 11) is 0. The smallest absolute Gasteiger partial charge is 0.235 e. The zero-order valence-corrected chi connectivity index (χ0v) is 21.2. The molecule has 6 nitrogen and oxygen atoms in total. The Bertz CT molecular complexity index is 2440. The molecule has 0 amide bonds. The van der Waals surface area contributed by atoms with Crippen LogP contribution in [-0.4, -0.2) is 29.1 Å². The van der Waals surface area contributed by atoms with Gasteiger partial charge in [0.25, 0.3) is 0 Å². The van der Waals surface area contributed by atoms with E-state index in [2.05, 4.69) is 93.0 Å². The summed E-state index contributed by atoms with van der Waals surface area (Å²) >= 11 is 0. The molecule has 4 heterocycles. The second kappa shape index (κ2) is 7.94. The van der Waals surface area contributed by atoms with Crippen molar-refractivity contribution in [3.05, 3.63) is 122 Å². The Kier molecular flexibility index (Phi) is 4.24. The molecule has 0 aliphatic carbocycles. The molecule has 0 bridgehead atoms. The summed E-state index contributed by atoms with van der Waals surface area (Å²) in [4.78, 5) is 19.3. The number of hydrogen-bond donors (Lipinski definition) is 0. The van der Waals surface area contributed by atoms with E-state index in [0.29, 0.717) is 5.95 Å². The van der Waals surface area contributed by atoms with Crippen LogP contribution < -0.4 is 0 Å². The van der Waals surface area contributed by atoms with Gasteiger partial charge < -0.3 is 4.57 Å². The fourth-order valence-corrected chi connectivity index (χ4v) is 6.28. The fraction of sp³-hybridized carbons (Fsp3) is 0. The van der Waals surface area contributed by atoms with Gasteiger partial charge in [0.1, 0.15) is 6.33 Å². The molecule has 6 heteroatoms. The maximum Gasteiger partial charge on any atom is 0.235 e. The first-order valence-corrected chi connectivity index (χ1v) is 13.2. The van der Waals surface area contributed by atoms with Gasteiger partial charge in [-0.2, -0.15) is 0 Å². The highest BCUT2D eigenvalue weighted by molar-refractivity contribution is 6.35. The van der Waals surface area contributed by atoms with E-state index < -0.39 is 0 Å². The van der Waals surface area contributed by atoms with Crippen molar-refractivity contribution in [2.75, 3.05) is 0 Å². The number of aromatic nitrogens is 6. The molecule has 0 atom stereocenters. The second-order valence-corrected chi connectivity index (χ2v) is 10.0. The molecule has 0 fully saturated rings. The number of para-hydroxylation sites is 4. The molecule has 4 aromatic heterocycles. The van der Waals surface area contributed by atoms with Crippen LogP contribution in [0.1, 0.15) is 0 Å². The summed E-state index contributed by atoms with van der Waals surface area (Å²) < 4.78 is 4.56. The first-order valence-electron chi connectivity index (χ1n) is 13.2. The second-order valence-electron chi connectivity index (χ2n) is 10.0. The van der Waals surface area contributed by atoms with Gasteiger partial charge >= 0.3 is 0 Å². The van der Waals surface area contributed by atoms with Gasteiger partial charge in [0, 0.05) is 50.4 Å². The highest BCUT2D eigenvalue weighted by atomic mass is 15.2. The van der Waals surface area contributed by atoms with Crippen LogP contribution >= 0.6 is 0 Å². The summed E-state index contributed by atoms with van der Waals surface area (Å²) in [6, 6.07) is 35.7. The van der Waals surface area contributed by atoms with Gasteiger partial charge in [-0.05, 0) is 30.3 Å². The molecule has 9 rings (SSSR count). The predicted octanol–water partition coefficient (Wildman–Crippen LogP) is 7.77. The van der Waals surface area contributed by atoms with Crippen LogP contribution in [0.3, 0.4) is 0 Å². The van der Waals surface area contributed by atoms with Crippen molar-refractivity contribution in [1.29, 1.82) is 0 Å². The minimum absolute atomic E-state index is 0.629. The van der Waals surface area contributed by atoms with E-state index in [1.165, 1.54) is 0 Å². The van der Waals surface area contributed by atoms with Crippen LogP contribution in [-0.2, 0) is 0 Å². The van der Waals surface area contributed by atoms with Crippen LogP contribution in [0.2, 0.25) is 0 Å². The predicted molar refractivity (Wildman–Crippen MR) is 161 cm³/mol. The van der Waals surface area contributed by atoms with E-state index in [4.69, 9.17) is 15.0 Å². The van der Waals surface area contributed by atoms with Gasteiger partial charge in [0.2, 0.25) is 5.95 Å². The normalized spacial score (nSPS) is 12.0. The van der Waals surface area contributed by atoms with Crippen molar-refractivity contribution < 1.29 is 0 Å². The van der Waals surface area contributed by atoms with E-state index in [-0.39, 0.29) is 0 Å². The highest BCUT2D eigenvalue weighted by Crippen LogP contribution is 2.45. The van der Waals surface area contributed by atoms with Crippen molar-refractivity contribution in [3.8, 4) is 11.6 Å². The largest absolute Gasteiger partial charge is 0.307 e. The Labute approximate surface area is 227 Å². The Morgan fingerprint density at radius 3 is 2.05 bits per heavy atom. The molecule has 186 valence electrons. The molecular weight excluding hydrogens is 492 g/mol. The molecule has 40 heavy (non-hydrogen) atoms. The van der Waals surface area contributed by atoms with E-state index >= 15 is 0 Å². The molecule has 0 spiro atoms. The molecular formula is C34H20N6. The molecule has 0 aliphatic heterocycles. The van der Waals surface area contributed by atoms with E-state index in [0.717, 1.165) is 71.1 Å². The summed E-state index contributed by atoms with van der Waals surface area (Å²) in [5.74, 6) is 0.629. The minimum atomic E-state index is 0.629. The van der Waals surface area contributed by atoms with Gasteiger partial charge in [-0.15, -0.1) is 0 Å². The zero-order chi connectivity index (χ0) is 26.2. The molecule has 0 saturated carbocycles.